The van der Waals surface area contributed by atoms with Crippen molar-refractivity contribution in [1.82, 2.24) is 4.98 Å². The lowest BCUT2D eigenvalue weighted by Crippen LogP contribution is -1.99. The molecule has 0 aliphatic carbocycles. The average molecular weight is 374 g/mol. The number of aromatic nitrogens is 1. The van der Waals surface area contributed by atoms with E-state index in [4.69, 9.17) is 11.6 Å². The second-order valence-corrected chi connectivity index (χ2v) is 6.61. The van der Waals surface area contributed by atoms with Gasteiger partial charge in [-0.3, -0.25) is 14.9 Å². The number of nitro benzene ring substituents is 1. The van der Waals surface area contributed by atoms with E-state index in [2.05, 4.69) is 10.3 Å². The van der Waals surface area contributed by atoms with E-state index in [1.165, 1.54) is 41.8 Å². The molecule has 0 saturated heterocycles. The smallest absolute Gasteiger partial charge is 0.269 e. The highest BCUT2D eigenvalue weighted by atomic mass is 35.5. The minimum Gasteiger partial charge on any atom is -0.357 e. The zero-order chi connectivity index (χ0) is 17.8. The lowest BCUT2D eigenvalue weighted by atomic mass is 10.1. The van der Waals surface area contributed by atoms with E-state index in [-0.39, 0.29) is 11.5 Å². The highest BCUT2D eigenvalue weighted by Gasteiger charge is 2.14. The van der Waals surface area contributed by atoms with Crippen molar-refractivity contribution in [2.75, 3.05) is 5.32 Å². The summed E-state index contributed by atoms with van der Waals surface area (Å²) in [5.41, 5.74) is 1.38. The molecule has 0 unspecified atom stereocenters. The van der Waals surface area contributed by atoms with Crippen LogP contribution in [0.2, 0.25) is 5.02 Å². The molecule has 0 saturated carbocycles. The molecule has 0 atom stereocenters. The molecule has 3 aromatic rings. The second kappa shape index (κ2) is 7.42. The van der Waals surface area contributed by atoms with Crippen LogP contribution in [0.3, 0.4) is 0 Å². The zero-order valence-corrected chi connectivity index (χ0v) is 14.4. The first-order valence-corrected chi connectivity index (χ1v) is 8.45. The van der Waals surface area contributed by atoms with Crippen LogP contribution in [0.4, 0.5) is 10.8 Å². The maximum absolute atomic E-state index is 12.4. The Morgan fingerprint density at radius 1 is 1.16 bits per heavy atom. The molecule has 1 heterocycles. The number of nitrogens with one attached hydrogen (secondary N) is 1. The molecule has 6 nitrogen and oxygen atoms in total. The summed E-state index contributed by atoms with van der Waals surface area (Å²) in [6, 6.07) is 13.0. The van der Waals surface area contributed by atoms with Gasteiger partial charge in [0.1, 0.15) is 0 Å². The molecule has 0 spiro atoms. The van der Waals surface area contributed by atoms with Gasteiger partial charge in [0.2, 0.25) is 5.78 Å². The van der Waals surface area contributed by atoms with E-state index in [0.29, 0.717) is 27.1 Å². The molecule has 0 amide bonds. The first-order chi connectivity index (χ1) is 12.0. The molecule has 3 rings (SSSR count). The fourth-order valence-electron chi connectivity index (χ4n) is 2.12. The SMILES string of the molecule is O=C(c1ccc([N+](=O)[O-])cc1)c1cnc(NCc2ccc(Cl)cc2)s1. The summed E-state index contributed by atoms with van der Waals surface area (Å²) in [5.74, 6) is -0.216. The lowest BCUT2D eigenvalue weighted by Gasteiger charge is -2.02. The molecule has 1 N–H and O–H groups in total. The molecule has 1 aromatic heterocycles. The Labute approximate surface area is 152 Å². The van der Waals surface area contributed by atoms with E-state index >= 15 is 0 Å². The molecule has 0 bridgehead atoms. The van der Waals surface area contributed by atoms with Gasteiger partial charge in [-0.2, -0.15) is 0 Å². The van der Waals surface area contributed by atoms with Gasteiger partial charge in [0.05, 0.1) is 16.0 Å². The van der Waals surface area contributed by atoms with Crippen molar-refractivity contribution in [3.05, 3.63) is 85.9 Å². The third-order valence-electron chi connectivity index (χ3n) is 3.43. The van der Waals surface area contributed by atoms with E-state index in [1.54, 1.807) is 0 Å². The Morgan fingerprint density at radius 3 is 2.48 bits per heavy atom. The van der Waals surface area contributed by atoms with Crippen LogP contribution in [0.15, 0.2) is 54.7 Å². The quantitative estimate of drug-likeness (QED) is 0.389. The third-order valence-corrected chi connectivity index (χ3v) is 4.63. The number of halogens is 1. The predicted octanol–water partition coefficient (Wildman–Crippen LogP) is 4.55. The Morgan fingerprint density at radius 2 is 1.84 bits per heavy atom. The number of ketones is 1. The highest BCUT2D eigenvalue weighted by Crippen LogP contribution is 2.23. The lowest BCUT2D eigenvalue weighted by molar-refractivity contribution is -0.384. The van der Waals surface area contributed by atoms with E-state index < -0.39 is 4.92 Å². The number of hydrogen-bond donors (Lipinski definition) is 1. The number of benzene rings is 2. The summed E-state index contributed by atoms with van der Waals surface area (Å²) in [6.07, 6.45) is 1.50. The van der Waals surface area contributed by atoms with Gasteiger partial charge in [-0.15, -0.1) is 0 Å². The summed E-state index contributed by atoms with van der Waals surface area (Å²) in [4.78, 5) is 27.2. The topological polar surface area (TPSA) is 85.1 Å². The van der Waals surface area contributed by atoms with Crippen LogP contribution in [0.1, 0.15) is 20.8 Å². The number of nitro groups is 1. The molecule has 0 aliphatic rings. The average Bonchev–Trinajstić information content (AvgIpc) is 3.10. The molecule has 25 heavy (non-hydrogen) atoms. The largest absolute Gasteiger partial charge is 0.357 e. The Kier molecular flexibility index (Phi) is 5.06. The molecule has 8 heteroatoms. The van der Waals surface area contributed by atoms with Gasteiger partial charge < -0.3 is 5.32 Å². The normalized spacial score (nSPS) is 10.4. The molecule has 0 aliphatic heterocycles. The number of anilines is 1. The molecular formula is C17H12ClN3O3S. The summed E-state index contributed by atoms with van der Waals surface area (Å²) in [7, 11) is 0. The number of carbonyl (C=O) groups is 1. The van der Waals surface area contributed by atoms with Gasteiger partial charge in [-0.1, -0.05) is 35.1 Å². The van der Waals surface area contributed by atoms with Crippen LogP contribution in [-0.4, -0.2) is 15.7 Å². The van der Waals surface area contributed by atoms with Crippen molar-refractivity contribution in [2.24, 2.45) is 0 Å². The maximum atomic E-state index is 12.4. The Balaban J connectivity index is 1.66. The van der Waals surface area contributed by atoms with Crippen LogP contribution in [0.5, 0.6) is 0 Å². The summed E-state index contributed by atoms with van der Waals surface area (Å²) < 4.78 is 0. The van der Waals surface area contributed by atoms with Crippen LogP contribution in [-0.2, 0) is 6.54 Å². The van der Waals surface area contributed by atoms with Gasteiger partial charge >= 0.3 is 0 Å². The monoisotopic (exact) mass is 373 g/mol. The maximum Gasteiger partial charge on any atom is 0.269 e. The molecule has 0 fully saturated rings. The van der Waals surface area contributed by atoms with Crippen molar-refractivity contribution in [1.29, 1.82) is 0 Å². The third kappa shape index (κ3) is 4.20. The van der Waals surface area contributed by atoms with Crippen molar-refractivity contribution in [2.45, 2.75) is 6.54 Å². The van der Waals surface area contributed by atoms with E-state index in [9.17, 15) is 14.9 Å². The van der Waals surface area contributed by atoms with Gasteiger partial charge in [-0.05, 0) is 29.8 Å². The summed E-state index contributed by atoms with van der Waals surface area (Å²) >= 11 is 7.08. The molecule has 126 valence electrons. The van der Waals surface area contributed by atoms with Crippen molar-refractivity contribution >= 4 is 39.5 Å². The van der Waals surface area contributed by atoms with Gasteiger partial charge in [0.15, 0.2) is 5.13 Å². The first-order valence-electron chi connectivity index (χ1n) is 7.26. The second-order valence-electron chi connectivity index (χ2n) is 5.14. The standard InChI is InChI=1S/C17H12ClN3O3S/c18-13-5-1-11(2-6-13)9-19-17-20-10-15(25-17)16(22)12-3-7-14(8-4-12)21(23)24/h1-8,10H,9H2,(H,19,20). The van der Waals surface area contributed by atoms with Gasteiger partial charge in [-0.25, -0.2) is 4.98 Å². The number of nitrogens with zero attached hydrogens (tertiary/aromatic N) is 2. The minimum atomic E-state index is -0.500. The highest BCUT2D eigenvalue weighted by molar-refractivity contribution is 7.17. The van der Waals surface area contributed by atoms with Crippen LogP contribution in [0, 0.1) is 10.1 Å². The van der Waals surface area contributed by atoms with E-state index in [0.717, 1.165) is 5.56 Å². The summed E-state index contributed by atoms with van der Waals surface area (Å²) in [6.45, 7) is 0.565. The first kappa shape index (κ1) is 17.1. The predicted molar refractivity (Wildman–Crippen MR) is 97.4 cm³/mol. The van der Waals surface area contributed by atoms with Crippen LogP contribution >= 0.6 is 22.9 Å². The number of non-ortho nitro benzene ring substituents is 1. The fraction of sp³-hybridized carbons (Fsp3) is 0.0588. The number of carbonyl (C=O) groups excluding carboxylic acids is 1. The summed E-state index contributed by atoms with van der Waals surface area (Å²) in [5, 5.41) is 15.1. The number of hydrogen-bond acceptors (Lipinski definition) is 6. The van der Waals surface area contributed by atoms with Crippen LogP contribution in [0.25, 0.3) is 0 Å². The Hall–Kier alpha value is -2.77. The van der Waals surface area contributed by atoms with Crippen molar-refractivity contribution in [3.8, 4) is 0 Å². The van der Waals surface area contributed by atoms with Gasteiger partial charge in [0, 0.05) is 29.3 Å². The van der Waals surface area contributed by atoms with E-state index in [1.807, 2.05) is 24.3 Å². The Bertz CT molecular complexity index is 908. The number of thiazole rings is 1. The van der Waals surface area contributed by atoms with Crippen molar-refractivity contribution in [3.63, 3.8) is 0 Å². The number of rotatable bonds is 6. The van der Waals surface area contributed by atoms with Crippen molar-refractivity contribution < 1.29 is 9.72 Å². The zero-order valence-electron chi connectivity index (χ0n) is 12.8. The van der Waals surface area contributed by atoms with Gasteiger partial charge in [0.25, 0.3) is 5.69 Å². The fourth-order valence-corrected chi connectivity index (χ4v) is 3.02. The molecule has 2 aromatic carbocycles. The molecule has 0 radical (unpaired) electrons. The molecular weight excluding hydrogens is 362 g/mol. The van der Waals surface area contributed by atoms with Crippen LogP contribution < -0.4 is 5.32 Å². The minimum absolute atomic E-state index is 0.0498.